The number of guanidine groups is 1. The summed E-state index contributed by atoms with van der Waals surface area (Å²) < 4.78 is 19.4. The summed E-state index contributed by atoms with van der Waals surface area (Å²) in [6.07, 6.45) is 2.34. The summed E-state index contributed by atoms with van der Waals surface area (Å²) in [5, 5.41) is 6.37. The Morgan fingerprint density at radius 1 is 1.23 bits per heavy atom. The molecule has 0 atom stereocenters. The molecule has 0 saturated carbocycles. The molecule has 0 radical (unpaired) electrons. The summed E-state index contributed by atoms with van der Waals surface area (Å²) in [5.74, 6) is 1.90. The Kier molecular flexibility index (Phi) is 9.04. The third-order valence-corrected chi connectivity index (χ3v) is 3.65. The lowest BCUT2D eigenvalue weighted by Gasteiger charge is -2.13. The van der Waals surface area contributed by atoms with Crippen LogP contribution in [0, 0.1) is 5.82 Å². The molecule has 0 saturated heterocycles. The first-order valence-corrected chi connectivity index (χ1v) is 8.61. The van der Waals surface area contributed by atoms with Gasteiger partial charge < -0.3 is 15.1 Å². The van der Waals surface area contributed by atoms with Crippen molar-refractivity contribution in [2.75, 3.05) is 13.1 Å². The van der Waals surface area contributed by atoms with Crippen molar-refractivity contribution in [2.24, 2.45) is 4.99 Å². The molecule has 0 spiro atoms. The molecular formula is C19H28FIN4O. The van der Waals surface area contributed by atoms with Crippen molar-refractivity contribution in [2.45, 2.75) is 46.1 Å². The minimum absolute atomic E-state index is 0. The first-order valence-electron chi connectivity index (χ1n) is 8.61. The molecule has 26 heavy (non-hydrogen) atoms. The van der Waals surface area contributed by atoms with Gasteiger partial charge in [0.2, 0.25) is 5.89 Å². The smallest absolute Gasteiger partial charge is 0.216 e. The van der Waals surface area contributed by atoms with Crippen LogP contribution in [-0.4, -0.2) is 24.0 Å². The number of hydrogen-bond acceptors (Lipinski definition) is 3. The van der Waals surface area contributed by atoms with Crippen LogP contribution in [0.5, 0.6) is 0 Å². The first-order chi connectivity index (χ1) is 11.9. The van der Waals surface area contributed by atoms with Crippen molar-refractivity contribution < 1.29 is 8.81 Å². The molecule has 144 valence electrons. The molecule has 0 aliphatic carbocycles. The summed E-state index contributed by atoms with van der Waals surface area (Å²) in [4.78, 5) is 8.75. The van der Waals surface area contributed by atoms with E-state index in [1.54, 1.807) is 18.3 Å². The average molecular weight is 474 g/mol. The number of benzene rings is 1. The van der Waals surface area contributed by atoms with Crippen LogP contribution in [0.15, 0.2) is 39.9 Å². The van der Waals surface area contributed by atoms with E-state index < -0.39 is 0 Å². The Morgan fingerprint density at radius 3 is 2.58 bits per heavy atom. The van der Waals surface area contributed by atoms with E-state index >= 15 is 0 Å². The number of rotatable bonds is 6. The van der Waals surface area contributed by atoms with Crippen molar-refractivity contribution in [3.63, 3.8) is 0 Å². The molecule has 1 aromatic heterocycles. The summed E-state index contributed by atoms with van der Waals surface area (Å²) in [6.45, 7) is 9.91. The topological polar surface area (TPSA) is 62.5 Å². The number of aliphatic imine (C=N–C) groups is 1. The van der Waals surface area contributed by atoms with Crippen LogP contribution < -0.4 is 10.6 Å². The zero-order chi connectivity index (χ0) is 18.3. The van der Waals surface area contributed by atoms with Crippen LogP contribution in [0.25, 0.3) is 0 Å². The maximum Gasteiger partial charge on any atom is 0.216 e. The zero-order valence-electron chi connectivity index (χ0n) is 15.8. The summed E-state index contributed by atoms with van der Waals surface area (Å²) in [6, 6.07) is 6.80. The number of hydrogen-bond donors (Lipinski definition) is 2. The van der Waals surface area contributed by atoms with Crippen LogP contribution in [-0.2, 0) is 18.4 Å². The van der Waals surface area contributed by atoms with E-state index in [9.17, 15) is 4.39 Å². The molecule has 7 heteroatoms. The van der Waals surface area contributed by atoms with E-state index in [2.05, 4.69) is 41.4 Å². The van der Waals surface area contributed by atoms with E-state index in [-0.39, 0.29) is 35.2 Å². The van der Waals surface area contributed by atoms with Gasteiger partial charge in [0, 0.05) is 18.5 Å². The molecule has 5 nitrogen and oxygen atoms in total. The molecule has 2 N–H and O–H groups in total. The summed E-state index contributed by atoms with van der Waals surface area (Å²) >= 11 is 0. The lowest BCUT2D eigenvalue weighted by atomic mass is 9.94. The second-order valence-electron chi connectivity index (χ2n) is 6.83. The Labute approximate surface area is 171 Å². The quantitative estimate of drug-likeness (QED) is 0.377. The van der Waals surface area contributed by atoms with Crippen LogP contribution in [0.2, 0.25) is 0 Å². The van der Waals surface area contributed by atoms with Crippen LogP contribution in [0.3, 0.4) is 0 Å². The Morgan fingerprint density at radius 2 is 1.96 bits per heavy atom. The molecule has 1 aromatic carbocycles. The van der Waals surface area contributed by atoms with E-state index in [1.807, 2.05) is 13.0 Å². The Bertz CT molecular complexity index is 710. The van der Waals surface area contributed by atoms with Crippen LogP contribution in [0.4, 0.5) is 4.39 Å². The fourth-order valence-electron chi connectivity index (χ4n) is 2.24. The number of nitrogens with one attached hydrogen (secondary N) is 2. The van der Waals surface area contributed by atoms with Gasteiger partial charge in [0.25, 0.3) is 0 Å². The van der Waals surface area contributed by atoms with Gasteiger partial charge in [-0.25, -0.2) is 14.4 Å². The van der Waals surface area contributed by atoms with Gasteiger partial charge in [-0.15, -0.1) is 24.0 Å². The number of halogens is 2. The van der Waals surface area contributed by atoms with E-state index in [1.165, 1.54) is 6.07 Å². The van der Waals surface area contributed by atoms with Gasteiger partial charge in [-0.05, 0) is 25.0 Å². The maximum atomic E-state index is 13.6. The van der Waals surface area contributed by atoms with Crippen LogP contribution >= 0.6 is 24.0 Å². The second kappa shape index (κ2) is 10.5. The van der Waals surface area contributed by atoms with E-state index in [0.717, 1.165) is 12.3 Å². The Balaban J connectivity index is 0.00000338. The fraction of sp³-hybridized carbons (Fsp3) is 0.474. The van der Waals surface area contributed by atoms with E-state index in [0.29, 0.717) is 36.9 Å². The lowest BCUT2D eigenvalue weighted by molar-refractivity contribution is 0.383. The number of oxazole rings is 1. The first kappa shape index (κ1) is 22.4. The molecule has 0 aliphatic rings. The average Bonchev–Trinajstić information content (AvgIpc) is 3.03. The summed E-state index contributed by atoms with van der Waals surface area (Å²) in [5.41, 5.74) is 0.616. The second-order valence-corrected chi connectivity index (χ2v) is 6.83. The van der Waals surface area contributed by atoms with Crippen molar-refractivity contribution in [1.29, 1.82) is 0 Å². The molecule has 2 rings (SSSR count). The summed E-state index contributed by atoms with van der Waals surface area (Å²) in [7, 11) is 0. The molecule has 2 aromatic rings. The molecule has 0 aliphatic heterocycles. The van der Waals surface area contributed by atoms with Gasteiger partial charge in [0.15, 0.2) is 5.96 Å². The zero-order valence-corrected chi connectivity index (χ0v) is 18.1. The predicted octanol–water partition coefficient (Wildman–Crippen LogP) is 4.03. The third kappa shape index (κ3) is 6.93. The highest BCUT2D eigenvalue weighted by atomic mass is 127. The molecule has 0 bridgehead atoms. The van der Waals surface area contributed by atoms with Gasteiger partial charge >= 0.3 is 0 Å². The van der Waals surface area contributed by atoms with Gasteiger partial charge in [-0.3, -0.25) is 0 Å². The van der Waals surface area contributed by atoms with Crippen molar-refractivity contribution in [1.82, 2.24) is 15.6 Å². The minimum Gasteiger partial charge on any atom is -0.443 e. The van der Waals surface area contributed by atoms with Gasteiger partial charge in [-0.1, -0.05) is 39.0 Å². The minimum atomic E-state index is -0.180. The SMILES string of the molecule is CCNC(=NCc1ncc(C(C)(C)C)o1)NCCc1ccccc1F.I. The maximum absolute atomic E-state index is 13.6. The van der Waals surface area contributed by atoms with Crippen LogP contribution in [0.1, 0.15) is 44.9 Å². The van der Waals surface area contributed by atoms with Crippen molar-refractivity contribution in [3.05, 3.63) is 53.5 Å². The largest absolute Gasteiger partial charge is 0.443 e. The van der Waals surface area contributed by atoms with Gasteiger partial charge in [0.05, 0.1) is 6.20 Å². The fourth-order valence-corrected chi connectivity index (χ4v) is 2.24. The molecule has 0 unspecified atom stereocenters. The van der Waals surface area contributed by atoms with Gasteiger partial charge in [0.1, 0.15) is 18.1 Å². The molecular weight excluding hydrogens is 446 g/mol. The third-order valence-electron chi connectivity index (χ3n) is 3.65. The highest BCUT2D eigenvalue weighted by molar-refractivity contribution is 14.0. The highest BCUT2D eigenvalue weighted by Gasteiger charge is 2.19. The number of nitrogens with zero attached hydrogens (tertiary/aromatic N) is 2. The molecule has 0 fully saturated rings. The lowest BCUT2D eigenvalue weighted by Crippen LogP contribution is -2.38. The van der Waals surface area contributed by atoms with E-state index in [4.69, 9.17) is 4.42 Å². The van der Waals surface area contributed by atoms with Gasteiger partial charge in [-0.2, -0.15) is 0 Å². The predicted molar refractivity (Wildman–Crippen MR) is 114 cm³/mol. The molecule has 1 heterocycles. The highest BCUT2D eigenvalue weighted by Crippen LogP contribution is 2.22. The standard InChI is InChI=1S/C19H27FN4O.HI/c1-5-21-18(22-11-10-14-8-6-7-9-15(14)20)24-13-17-23-12-16(25-17)19(2,3)4;/h6-9,12H,5,10-11,13H2,1-4H3,(H2,21,22,24);1H. The Hall–Kier alpha value is -1.64. The normalized spacial score (nSPS) is 11.8. The number of aromatic nitrogens is 1. The van der Waals surface area contributed by atoms with Crippen molar-refractivity contribution >= 4 is 29.9 Å². The van der Waals surface area contributed by atoms with Crippen molar-refractivity contribution in [3.8, 4) is 0 Å². The monoisotopic (exact) mass is 474 g/mol. The molecule has 0 amide bonds.